The number of anilines is 1. The zero-order chi connectivity index (χ0) is 13.2. The van der Waals surface area contributed by atoms with Crippen LogP contribution in [0.15, 0.2) is 6.07 Å². The second kappa shape index (κ2) is 5.43. The van der Waals surface area contributed by atoms with E-state index in [1.165, 1.54) is 12.8 Å². The molecule has 0 bridgehead atoms. The van der Waals surface area contributed by atoms with E-state index in [4.69, 9.17) is 4.98 Å². The first-order valence-corrected chi connectivity index (χ1v) is 7.22. The van der Waals surface area contributed by atoms with Crippen molar-refractivity contribution in [3.05, 3.63) is 17.5 Å². The maximum Gasteiger partial charge on any atom is 0.225 e. The van der Waals surface area contributed by atoms with Crippen LogP contribution in [0.25, 0.3) is 0 Å². The van der Waals surface area contributed by atoms with Gasteiger partial charge in [-0.15, -0.1) is 0 Å². The largest absolute Gasteiger partial charge is 0.338 e. The first kappa shape index (κ1) is 12.8. The number of nitrogens with zero attached hydrogens (tertiary/aromatic N) is 4. The molecule has 2 fully saturated rings. The number of aryl methyl sites for hydroxylation is 1. The topological polar surface area (TPSA) is 44.3 Å². The van der Waals surface area contributed by atoms with Gasteiger partial charge in [0.2, 0.25) is 5.95 Å². The van der Waals surface area contributed by atoms with E-state index in [0.29, 0.717) is 0 Å². The summed E-state index contributed by atoms with van der Waals surface area (Å²) < 4.78 is 0. The van der Waals surface area contributed by atoms with Gasteiger partial charge >= 0.3 is 0 Å². The molecular weight excluding hydrogens is 238 g/mol. The lowest BCUT2D eigenvalue weighted by Crippen LogP contribution is -2.45. The standard InChI is InChI=1S/C14H23N5/c1-11-9-13(10-15-12-3-4-12)17-14(16-11)19-7-5-18(2)6-8-19/h9,12,15H,3-8,10H2,1-2H3. The second-order valence-electron chi connectivity index (χ2n) is 5.75. The second-order valence-corrected chi connectivity index (χ2v) is 5.75. The maximum absolute atomic E-state index is 4.72. The van der Waals surface area contributed by atoms with Crippen molar-refractivity contribution in [1.29, 1.82) is 0 Å². The summed E-state index contributed by atoms with van der Waals surface area (Å²) in [6.07, 6.45) is 2.63. The Kier molecular flexibility index (Phi) is 3.66. The predicted molar refractivity (Wildman–Crippen MR) is 76.3 cm³/mol. The minimum Gasteiger partial charge on any atom is -0.338 e. The molecule has 1 aliphatic heterocycles. The van der Waals surface area contributed by atoms with Gasteiger partial charge < -0.3 is 15.1 Å². The Hall–Kier alpha value is -1.20. The van der Waals surface area contributed by atoms with Crippen molar-refractivity contribution >= 4 is 5.95 Å². The third kappa shape index (κ3) is 3.42. The Labute approximate surface area is 115 Å². The Morgan fingerprint density at radius 2 is 1.95 bits per heavy atom. The first-order valence-electron chi connectivity index (χ1n) is 7.22. The van der Waals surface area contributed by atoms with Crippen LogP contribution >= 0.6 is 0 Å². The Balaban J connectivity index is 1.69. The van der Waals surface area contributed by atoms with E-state index in [1.807, 2.05) is 0 Å². The molecule has 5 nitrogen and oxygen atoms in total. The molecule has 1 aromatic heterocycles. The van der Waals surface area contributed by atoms with Crippen LogP contribution in [0.1, 0.15) is 24.2 Å². The van der Waals surface area contributed by atoms with Gasteiger partial charge in [0.05, 0.1) is 5.69 Å². The highest BCUT2D eigenvalue weighted by Gasteiger charge is 2.21. The fourth-order valence-corrected chi connectivity index (χ4v) is 2.39. The molecule has 104 valence electrons. The molecule has 2 heterocycles. The molecule has 1 N–H and O–H groups in total. The van der Waals surface area contributed by atoms with Crippen molar-refractivity contribution in [3.8, 4) is 0 Å². The molecular formula is C14H23N5. The molecule has 5 heteroatoms. The van der Waals surface area contributed by atoms with Gasteiger partial charge in [-0.2, -0.15) is 0 Å². The van der Waals surface area contributed by atoms with Crippen molar-refractivity contribution in [2.45, 2.75) is 32.4 Å². The van der Waals surface area contributed by atoms with Crippen LogP contribution in [0.2, 0.25) is 0 Å². The van der Waals surface area contributed by atoms with Gasteiger partial charge in [-0.05, 0) is 32.9 Å². The van der Waals surface area contributed by atoms with E-state index < -0.39 is 0 Å². The van der Waals surface area contributed by atoms with E-state index in [0.717, 1.165) is 56.1 Å². The molecule has 0 spiro atoms. The van der Waals surface area contributed by atoms with Gasteiger partial charge in [0.1, 0.15) is 0 Å². The van der Waals surface area contributed by atoms with Crippen LogP contribution in [0.4, 0.5) is 5.95 Å². The number of rotatable bonds is 4. The zero-order valence-electron chi connectivity index (χ0n) is 11.9. The highest BCUT2D eigenvalue weighted by atomic mass is 15.3. The highest BCUT2D eigenvalue weighted by molar-refractivity contribution is 5.33. The molecule has 19 heavy (non-hydrogen) atoms. The number of hydrogen-bond acceptors (Lipinski definition) is 5. The van der Waals surface area contributed by atoms with Crippen molar-refractivity contribution in [3.63, 3.8) is 0 Å². The van der Waals surface area contributed by atoms with Crippen LogP contribution in [-0.2, 0) is 6.54 Å². The third-order valence-corrected chi connectivity index (χ3v) is 3.83. The fraction of sp³-hybridized carbons (Fsp3) is 0.714. The molecule has 2 aliphatic rings. The Morgan fingerprint density at radius 3 is 2.63 bits per heavy atom. The monoisotopic (exact) mass is 261 g/mol. The average Bonchev–Trinajstić information content (AvgIpc) is 3.20. The summed E-state index contributed by atoms with van der Waals surface area (Å²) in [6, 6.07) is 2.82. The van der Waals surface area contributed by atoms with Gasteiger partial charge in [0.15, 0.2) is 0 Å². The van der Waals surface area contributed by atoms with Crippen LogP contribution in [0, 0.1) is 6.92 Å². The molecule has 1 saturated heterocycles. The molecule has 1 saturated carbocycles. The van der Waals surface area contributed by atoms with Crippen molar-refractivity contribution in [2.24, 2.45) is 0 Å². The smallest absolute Gasteiger partial charge is 0.225 e. The quantitative estimate of drug-likeness (QED) is 0.868. The Bertz CT molecular complexity index is 435. The van der Waals surface area contributed by atoms with Crippen LogP contribution in [0.3, 0.4) is 0 Å². The van der Waals surface area contributed by atoms with Crippen LogP contribution in [-0.4, -0.2) is 54.1 Å². The molecule has 0 unspecified atom stereocenters. The lowest BCUT2D eigenvalue weighted by atomic mass is 10.3. The molecule has 3 rings (SSSR count). The molecule has 1 aliphatic carbocycles. The van der Waals surface area contributed by atoms with E-state index in [2.05, 4.69) is 40.1 Å². The average molecular weight is 261 g/mol. The summed E-state index contributed by atoms with van der Waals surface area (Å²) in [6.45, 7) is 7.15. The van der Waals surface area contributed by atoms with Gasteiger partial charge in [-0.25, -0.2) is 9.97 Å². The normalized spacial score (nSPS) is 20.8. The lowest BCUT2D eigenvalue weighted by molar-refractivity contribution is 0.311. The molecule has 0 radical (unpaired) electrons. The highest BCUT2D eigenvalue weighted by Crippen LogP contribution is 2.19. The SMILES string of the molecule is Cc1cc(CNC2CC2)nc(N2CCN(C)CC2)n1. The van der Waals surface area contributed by atoms with Gasteiger partial charge in [0, 0.05) is 44.5 Å². The van der Waals surface area contributed by atoms with Gasteiger partial charge in [-0.1, -0.05) is 0 Å². The first-order chi connectivity index (χ1) is 9.20. The molecule has 1 aromatic rings. The van der Waals surface area contributed by atoms with Gasteiger partial charge in [0.25, 0.3) is 0 Å². The van der Waals surface area contributed by atoms with Crippen molar-refractivity contribution in [2.75, 3.05) is 38.1 Å². The van der Waals surface area contributed by atoms with E-state index in [1.54, 1.807) is 0 Å². The molecule has 0 aromatic carbocycles. The zero-order valence-corrected chi connectivity index (χ0v) is 11.9. The number of likely N-dealkylation sites (N-methyl/N-ethyl adjacent to an activating group) is 1. The van der Waals surface area contributed by atoms with Crippen molar-refractivity contribution < 1.29 is 0 Å². The maximum atomic E-state index is 4.72. The third-order valence-electron chi connectivity index (χ3n) is 3.83. The summed E-state index contributed by atoms with van der Waals surface area (Å²) in [5.41, 5.74) is 2.19. The summed E-state index contributed by atoms with van der Waals surface area (Å²) in [5, 5.41) is 3.52. The summed E-state index contributed by atoms with van der Waals surface area (Å²) in [7, 11) is 2.17. The van der Waals surface area contributed by atoms with Gasteiger partial charge in [-0.3, -0.25) is 0 Å². The number of piperazine rings is 1. The van der Waals surface area contributed by atoms with Crippen LogP contribution < -0.4 is 10.2 Å². The van der Waals surface area contributed by atoms with E-state index in [-0.39, 0.29) is 0 Å². The predicted octanol–water partition coefficient (Wildman–Crippen LogP) is 0.789. The lowest BCUT2D eigenvalue weighted by Gasteiger charge is -2.32. The van der Waals surface area contributed by atoms with E-state index in [9.17, 15) is 0 Å². The Morgan fingerprint density at radius 1 is 1.21 bits per heavy atom. The summed E-state index contributed by atoms with van der Waals surface area (Å²) in [4.78, 5) is 14.0. The van der Waals surface area contributed by atoms with E-state index >= 15 is 0 Å². The number of aromatic nitrogens is 2. The number of nitrogens with one attached hydrogen (secondary N) is 1. The van der Waals surface area contributed by atoms with Crippen molar-refractivity contribution in [1.82, 2.24) is 20.2 Å². The molecule has 0 amide bonds. The fourth-order valence-electron chi connectivity index (χ4n) is 2.39. The minimum absolute atomic E-state index is 0.724. The molecule has 0 atom stereocenters. The number of hydrogen-bond donors (Lipinski definition) is 1. The summed E-state index contributed by atoms with van der Waals surface area (Å²) in [5.74, 6) is 0.903. The summed E-state index contributed by atoms with van der Waals surface area (Å²) >= 11 is 0. The minimum atomic E-state index is 0.724. The van der Waals surface area contributed by atoms with Crippen LogP contribution in [0.5, 0.6) is 0 Å².